The summed E-state index contributed by atoms with van der Waals surface area (Å²) in [6.07, 6.45) is 2.93. The molecule has 1 aromatic heterocycles. The number of nitrogens with zero attached hydrogens (tertiary/aromatic N) is 3. The number of primary amides is 1. The Balaban J connectivity index is 2.00. The molecule has 6 nitrogen and oxygen atoms in total. The van der Waals surface area contributed by atoms with E-state index in [1.165, 1.54) is 11.5 Å². The molecule has 0 aliphatic carbocycles. The van der Waals surface area contributed by atoms with Crippen molar-refractivity contribution < 1.29 is 4.79 Å². The molecular weight excluding hydrogens is 250 g/mol. The van der Waals surface area contributed by atoms with Gasteiger partial charge in [0.15, 0.2) is 0 Å². The van der Waals surface area contributed by atoms with E-state index in [4.69, 9.17) is 5.73 Å². The van der Waals surface area contributed by atoms with Gasteiger partial charge >= 0.3 is 0 Å². The Labute approximate surface area is 111 Å². The number of rotatable bonds is 6. The minimum Gasteiger partial charge on any atom is -0.374 e. The van der Waals surface area contributed by atoms with Crippen molar-refractivity contribution in [3.05, 3.63) is 5.69 Å². The van der Waals surface area contributed by atoms with E-state index in [0.29, 0.717) is 6.54 Å². The summed E-state index contributed by atoms with van der Waals surface area (Å²) in [5.74, 6) is -0.237. The summed E-state index contributed by atoms with van der Waals surface area (Å²) in [5.41, 5.74) is 6.32. The van der Waals surface area contributed by atoms with Crippen molar-refractivity contribution in [2.75, 3.05) is 18.4 Å². The van der Waals surface area contributed by atoms with Gasteiger partial charge in [-0.25, -0.2) is 0 Å². The fourth-order valence-corrected chi connectivity index (χ4v) is 2.81. The van der Waals surface area contributed by atoms with Crippen molar-refractivity contribution in [3.63, 3.8) is 0 Å². The van der Waals surface area contributed by atoms with Gasteiger partial charge in [-0.2, -0.15) is 0 Å². The molecule has 1 unspecified atom stereocenters. The van der Waals surface area contributed by atoms with Crippen LogP contribution in [0.1, 0.15) is 31.9 Å². The van der Waals surface area contributed by atoms with Crippen LogP contribution in [0.5, 0.6) is 0 Å². The number of hydrogen-bond donors (Lipinski definition) is 2. The quantitative estimate of drug-likeness (QED) is 0.798. The second-order valence-corrected chi connectivity index (χ2v) is 5.26. The number of anilines is 1. The number of nitrogens with one attached hydrogen (secondary N) is 1. The summed E-state index contributed by atoms with van der Waals surface area (Å²) in [5, 5.41) is 8.46. The van der Waals surface area contributed by atoms with Crippen LogP contribution in [0.3, 0.4) is 0 Å². The second-order valence-electron chi connectivity index (χ2n) is 4.51. The summed E-state index contributed by atoms with van der Waals surface area (Å²) in [6, 6.07) is -0.147. The molecule has 1 aromatic rings. The van der Waals surface area contributed by atoms with Crippen molar-refractivity contribution >= 4 is 22.4 Å². The first kappa shape index (κ1) is 13.2. The summed E-state index contributed by atoms with van der Waals surface area (Å²) in [6.45, 7) is 4.58. The highest BCUT2D eigenvalue weighted by Gasteiger charge is 2.30. The summed E-state index contributed by atoms with van der Waals surface area (Å²) >= 11 is 1.37. The van der Waals surface area contributed by atoms with Crippen molar-refractivity contribution in [3.8, 4) is 0 Å². The Morgan fingerprint density at radius 3 is 3.22 bits per heavy atom. The molecule has 0 radical (unpaired) electrons. The monoisotopic (exact) mass is 269 g/mol. The van der Waals surface area contributed by atoms with Crippen LogP contribution >= 0.6 is 11.5 Å². The number of carbonyl (C=O) groups is 1. The van der Waals surface area contributed by atoms with Crippen LogP contribution in [0.15, 0.2) is 0 Å². The number of amides is 1. The first-order chi connectivity index (χ1) is 8.72. The van der Waals surface area contributed by atoms with E-state index >= 15 is 0 Å². The number of aromatic nitrogens is 2. The van der Waals surface area contributed by atoms with Crippen molar-refractivity contribution in [2.24, 2.45) is 5.73 Å². The first-order valence-corrected chi connectivity index (χ1v) is 7.08. The van der Waals surface area contributed by atoms with Crippen LogP contribution in [0.4, 0.5) is 5.00 Å². The standard InChI is InChI=1S/C11H19N5OS/c1-2-5-13-11-8(14-15-18-11)7-16-6-3-4-9(16)10(12)17/h9,13H,2-7H2,1H3,(H2,12,17). The summed E-state index contributed by atoms with van der Waals surface area (Å²) < 4.78 is 3.97. The van der Waals surface area contributed by atoms with E-state index in [-0.39, 0.29) is 11.9 Å². The van der Waals surface area contributed by atoms with Gasteiger partial charge in [0.2, 0.25) is 5.91 Å². The fourth-order valence-electron chi connectivity index (χ4n) is 2.21. The Morgan fingerprint density at radius 2 is 2.50 bits per heavy atom. The molecule has 18 heavy (non-hydrogen) atoms. The highest BCUT2D eigenvalue weighted by atomic mass is 32.1. The highest BCUT2D eigenvalue weighted by Crippen LogP contribution is 2.24. The molecule has 7 heteroatoms. The molecule has 1 fully saturated rings. The van der Waals surface area contributed by atoms with Crippen molar-refractivity contribution in [1.29, 1.82) is 0 Å². The zero-order valence-electron chi connectivity index (χ0n) is 10.6. The first-order valence-electron chi connectivity index (χ1n) is 6.30. The van der Waals surface area contributed by atoms with Gasteiger partial charge in [-0.3, -0.25) is 9.69 Å². The lowest BCUT2D eigenvalue weighted by molar-refractivity contribution is -0.122. The Kier molecular flexibility index (Phi) is 4.48. The van der Waals surface area contributed by atoms with Crippen molar-refractivity contribution in [2.45, 2.75) is 38.8 Å². The van der Waals surface area contributed by atoms with E-state index in [0.717, 1.165) is 43.0 Å². The van der Waals surface area contributed by atoms with E-state index in [9.17, 15) is 4.79 Å². The second kappa shape index (κ2) is 6.10. The average molecular weight is 269 g/mol. The Bertz CT molecular complexity index is 408. The maximum absolute atomic E-state index is 11.3. The molecule has 100 valence electrons. The van der Waals surface area contributed by atoms with Crippen LogP contribution in [0.25, 0.3) is 0 Å². The molecule has 2 heterocycles. The van der Waals surface area contributed by atoms with E-state index in [1.807, 2.05) is 0 Å². The minimum atomic E-state index is -0.237. The van der Waals surface area contributed by atoms with E-state index in [1.54, 1.807) is 0 Å². The van der Waals surface area contributed by atoms with Gasteiger partial charge in [0.25, 0.3) is 0 Å². The predicted octanol–water partition coefficient (Wildman–Crippen LogP) is 0.810. The SMILES string of the molecule is CCCNc1snnc1CN1CCCC1C(N)=O. The topological polar surface area (TPSA) is 84.1 Å². The largest absolute Gasteiger partial charge is 0.374 e. The van der Waals surface area contributed by atoms with Crippen LogP contribution in [0, 0.1) is 0 Å². The van der Waals surface area contributed by atoms with Gasteiger partial charge in [0, 0.05) is 24.6 Å². The number of hydrogen-bond acceptors (Lipinski definition) is 6. The van der Waals surface area contributed by atoms with Gasteiger partial charge in [-0.1, -0.05) is 11.4 Å². The normalized spacial score (nSPS) is 20.2. The molecule has 1 saturated heterocycles. The molecule has 0 bridgehead atoms. The minimum absolute atomic E-state index is 0.147. The van der Waals surface area contributed by atoms with Gasteiger partial charge in [-0.05, 0) is 25.8 Å². The third-order valence-electron chi connectivity index (χ3n) is 3.14. The Hall–Kier alpha value is -1.21. The van der Waals surface area contributed by atoms with E-state index < -0.39 is 0 Å². The molecule has 3 N–H and O–H groups in total. The molecule has 2 rings (SSSR count). The molecule has 0 saturated carbocycles. The lowest BCUT2D eigenvalue weighted by Gasteiger charge is -2.20. The third-order valence-corrected chi connectivity index (χ3v) is 3.86. The van der Waals surface area contributed by atoms with Gasteiger partial charge in [-0.15, -0.1) is 5.10 Å². The highest BCUT2D eigenvalue weighted by molar-refractivity contribution is 7.10. The molecule has 0 spiro atoms. The molecule has 1 atom stereocenters. The predicted molar refractivity (Wildman–Crippen MR) is 71.3 cm³/mol. The number of likely N-dealkylation sites (tertiary alicyclic amines) is 1. The Morgan fingerprint density at radius 1 is 1.67 bits per heavy atom. The van der Waals surface area contributed by atoms with Crippen LogP contribution < -0.4 is 11.1 Å². The zero-order valence-corrected chi connectivity index (χ0v) is 11.4. The molecule has 1 amide bonds. The third kappa shape index (κ3) is 2.97. The maximum Gasteiger partial charge on any atom is 0.234 e. The smallest absolute Gasteiger partial charge is 0.234 e. The number of carbonyl (C=O) groups excluding carboxylic acids is 1. The summed E-state index contributed by atoms with van der Waals surface area (Å²) in [4.78, 5) is 13.4. The molecule has 1 aliphatic rings. The van der Waals surface area contributed by atoms with Crippen LogP contribution in [0.2, 0.25) is 0 Å². The summed E-state index contributed by atoms with van der Waals surface area (Å²) in [7, 11) is 0. The molecular formula is C11H19N5OS. The maximum atomic E-state index is 11.3. The fraction of sp³-hybridized carbons (Fsp3) is 0.727. The average Bonchev–Trinajstić information content (AvgIpc) is 2.96. The van der Waals surface area contributed by atoms with Crippen LogP contribution in [-0.4, -0.2) is 39.5 Å². The lowest BCUT2D eigenvalue weighted by Crippen LogP contribution is -2.39. The molecule has 1 aliphatic heterocycles. The number of nitrogens with two attached hydrogens (primary N) is 1. The van der Waals surface area contributed by atoms with Crippen LogP contribution in [-0.2, 0) is 11.3 Å². The van der Waals surface area contributed by atoms with E-state index in [2.05, 4.69) is 26.7 Å². The van der Waals surface area contributed by atoms with Gasteiger partial charge < -0.3 is 11.1 Å². The molecule has 0 aromatic carbocycles. The zero-order chi connectivity index (χ0) is 13.0. The van der Waals surface area contributed by atoms with Crippen molar-refractivity contribution in [1.82, 2.24) is 14.5 Å². The van der Waals surface area contributed by atoms with Gasteiger partial charge in [0.1, 0.15) is 10.7 Å². The lowest BCUT2D eigenvalue weighted by atomic mass is 10.2. The van der Waals surface area contributed by atoms with Gasteiger partial charge in [0.05, 0.1) is 6.04 Å².